The molecule has 3 aromatic rings. The summed E-state index contributed by atoms with van der Waals surface area (Å²) in [7, 11) is -2.72. The average Bonchev–Trinajstić information content (AvgIpc) is 2.95. The van der Waals surface area contributed by atoms with Crippen molar-refractivity contribution in [1.82, 2.24) is 10.2 Å². The number of ether oxygens (including phenoxy) is 1. The van der Waals surface area contributed by atoms with Crippen LogP contribution in [0.1, 0.15) is 38.3 Å². The first kappa shape index (κ1) is 31.0. The van der Waals surface area contributed by atoms with Crippen molar-refractivity contribution in [3.63, 3.8) is 0 Å². The molecule has 1 N–H and O–H groups in total. The summed E-state index contributed by atoms with van der Waals surface area (Å²) in [6.07, 6.45) is 0.728. The lowest BCUT2D eigenvalue weighted by Crippen LogP contribution is -2.52. The van der Waals surface area contributed by atoms with Crippen molar-refractivity contribution < 1.29 is 22.7 Å². The van der Waals surface area contributed by atoms with Crippen molar-refractivity contribution in [2.75, 3.05) is 18.0 Å². The number of benzene rings is 3. The van der Waals surface area contributed by atoms with Gasteiger partial charge in [0.05, 0.1) is 22.7 Å². The van der Waals surface area contributed by atoms with Crippen LogP contribution in [0.15, 0.2) is 77.7 Å². The molecule has 0 saturated carbocycles. The zero-order chi connectivity index (χ0) is 29.4. The number of aryl methyl sites for hydroxylation is 1. The largest absolute Gasteiger partial charge is 0.495 e. The smallest absolute Gasteiger partial charge is 0.264 e. The van der Waals surface area contributed by atoms with Crippen molar-refractivity contribution in [3.05, 3.63) is 88.9 Å². The Labute approximate surface area is 241 Å². The van der Waals surface area contributed by atoms with Gasteiger partial charge in [0.25, 0.3) is 10.0 Å². The molecule has 0 saturated heterocycles. The summed E-state index contributed by atoms with van der Waals surface area (Å²) in [5.41, 5.74) is 2.06. The Bertz CT molecular complexity index is 1420. The molecule has 0 spiro atoms. The first-order valence-corrected chi connectivity index (χ1v) is 14.9. The van der Waals surface area contributed by atoms with Crippen LogP contribution in [0.5, 0.6) is 5.75 Å². The van der Waals surface area contributed by atoms with Crippen LogP contribution < -0.4 is 14.4 Å². The van der Waals surface area contributed by atoms with Crippen LogP contribution in [0.4, 0.5) is 5.69 Å². The number of hydrogen-bond acceptors (Lipinski definition) is 5. The summed E-state index contributed by atoms with van der Waals surface area (Å²) in [5, 5.41) is 3.12. The van der Waals surface area contributed by atoms with E-state index in [1.807, 2.05) is 45.0 Å². The maximum Gasteiger partial charge on any atom is 0.264 e. The van der Waals surface area contributed by atoms with E-state index in [0.717, 1.165) is 21.9 Å². The van der Waals surface area contributed by atoms with Gasteiger partial charge in [-0.05, 0) is 63.1 Å². The lowest BCUT2D eigenvalue weighted by Gasteiger charge is -2.32. The van der Waals surface area contributed by atoms with Crippen LogP contribution in [-0.4, -0.2) is 50.9 Å². The molecule has 0 fully saturated rings. The second-order valence-corrected chi connectivity index (χ2v) is 11.9. The van der Waals surface area contributed by atoms with Crippen molar-refractivity contribution in [2.24, 2.45) is 0 Å². The summed E-state index contributed by atoms with van der Waals surface area (Å²) < 4.78 is 33.9. The average molecular weight is 586 g/mol. The van der Waals surface area contributed by atoms with Gasteiger partial charge in [0.1, 0.15) is 18.3 Å². The van der Waals surface area contributed by atoms with Gasteiger partial charge in [-0.25, -0.2) is 8.42 Å². The third-order valence-corrected chi connectivity index (χ3v) is 8.76. The summed E-state index contributed by atoms with van der Waals surface area (Å²) in [6, 6.07) is 19.0. The maximum absolute atomic E-state index is 14.0. The first-order chi connectivity index (χ1) is 19.0. The van der Waals surface area contributed by atoms with Crippen molar-refractivity contribution in [1.29, 1.82) is 0 Å². The molecule has 0 bridgehead atoms. The standard InChI is InChI=1S/C30H36ClN3O5S/c1-6-22(3)32-30(36)23(4)33(19-24-14-12-21(2)13-15-24)29(35)20-34(25-16-17-28(39-5)27(31)18-25)40(37,38)26-10-8-7-9-11-26/h7-18,22-23H,6,19-20H2,1-5H3,(H,32,36)/t22-,23+/m1/s1. The van der Waals surface area contributed by atoms with Crippen LogP contribution in [0.2, 0.25) is 5.02 Å². The van der Waals surface area contributed by atoms with Gasteiger partial charge in [0, 0.05) is 12.6 Å². The lowest BCUT2D eigenvalue weighted by molar-refractivity contribution is -0.139. The number of anilines is 1. The third-order valence-electron chi connectivity index (χ3n) is 6.68. The Balaban J connectivity index is 2.04. The molecule has 0 aliphatic heterocycles. The molecule has 0 radical (unpaired) electrons. The number of sulfonamides is 1. The second kappa shape index (κ2) is 13.7. The minimum atomic E-state index is -4.18. The highest BCUT2D eigenvalue weighted by atomic mass is 35.5. The number of hydrogen-bond donors (Lipinski definition) is 1. The molecule has 214 valence electrons. The SMILES string of the molecule is CC[C@@H](C)NC(=O)[C@H](C)N(Cc1ccc(C)cc1)C(=O)CN(c1ccc(OC)c(Cl)c1)S(=O)(=O)c1ccccc1. The second-order valence-electron chi connectivity index (χ2n) is 9.64. The van der Waals surface area contributed by atoms with Gasteiger partial charge in [-0.15, -0.1) is 0 Å². The highest BCUT2D eigenvalue weighted by Crippen LogP contribution is 2.32. The molecule has 0 aliphatic rings. The Morgan fingerprint density at radius 3 is 2.23 bits per heavy atom. The molecule has 10 heteroatoms. The third kappa shape index (κ3) is 7.55. The molecule has 0 heterocycles. The van der Waals surface area contributed by atoms with Gasteiger partial charge >= 0.3 is 0 Å². The van der Waals surface area contributed by atoms with Crippen molar-refractivity contribution in [3.8, 4) is 5.75 Å². The quantitative estimate of drug-likeness (QED) is 0.316. The molecule has 0 unspecified atom stereocenters. The highest BCUT2D eigenvalue weighted by Gasteiger charge is 2.33. The first-order valence-electron chi connectivity index (χ1n) is 13.0. The zero-order valence-corrected chi connectivity index (χ0v) is 25.0. The molecule has 0 aromatic heterocycles. The molecule has 2 atom stereocenters. The molecule has 0 aliphatic carbocycles. The van der Waals surface area contributed by atoms with E-state index in [1.54, 1.807) is 31.2 Å². The van der Waals surface area contributed by atoms with Crippen molar-refractivity contribution >= 4 is 39.1 Å². The van der Waals surface area contributed by atoms with Crippen LogP contribution in [0, 0.1) is 6.92 Å². The van der Waals surface area contributed by atoms with E-state index in [1.165, 1.54) is 36.3 Å². The predicted octanol–water partition coefficient (Wildman–Crippen LogP) is 5.18. The Morgan fingerprint density at radius 1 is 1.00 bits per heavy atom. The van der Waals surface area contributed by atoms with Crippen LogP contribution in [0.25, 0.3) is 0 Å². The monoisotopic (exact) mass is 585 g/mol. The fourth-order valence-electron chi connectivity index (χ4n) is 4.00. The maximum atomic E-state index is 14.0. The predicted molar refractivity (Wildman–Crippen MR) is 158 cm³/mol. The van der Waals surface area contributed by atoms with Gasteiger partial charge in [0.2, 0.25) is 11.8 Å². The highest BCUT2D eigenvalue weighted by molar-refractivity contribution is 7.92. The Morgan fingerprint density at radius 2 is 1.65 bits per heavy atom. The van der Waals surface area contributed by atoms with E-state index >= 15 is 0 Å². The molecule has 3 aromatic carbocycles. The van der Waals surface area contributed by atoms with Crippen LogP contribution in [0.3, 0.4) is 0 Å². The van der Waals surface area contributed by atoms with E-state index in [9.17, 15) is 18.0 Å². The summed E-state index contributed by atoms with van der Waals surface area (Å²) in [6.45, 7) is 7.02. The summed E-state index contributed by atoms with van der Waals surface area (Å²) >= 11 is 6.35. The number of methoxy groups -OCH3 is 1. The number of halogens is 1. The molecule has 8 nitrogen and oxygen atoms in total. The Hall–Kier alpha value is -3.56. The molecule has 2 amide bonds. The van der Waals surface area contributed by atoms with E-state index in [2.05, 4.69) is 5.32 Å². The Kier molecular flexibility index (Phi) is 10.6. The molecular formula is C30H36ClN3O5S. The fourth-order valence-corrected chi connectivity index (χ4v) is 5.68. The number of carbonyl (C=O) groups is 2. The summed E-state index contributed by atoms with van der Waals surface area (Å²) in [4.78, 5) is 28.5. The van der Waals surface area contributed by atoms with E-state index in [-0.39, 0.29) is 34.1 Å². The molecule has 40 heavy (non-hydrogen) atoms. The minimum absolute atomic E-state index is 0.0161. The summed E-state index contributed by atoms with van der Waals surface area (Å²) in [5.74, 6) is -0.497. The van der Waals surface area contributed by atoms with Gasteiger partial charge in [-0.3, -0.25) is 13.9 Å². The van der Waals surface area contributed by atoms with Crippen LogP contribution in [-0.2, 0) is 26.2 Å². The minimum Gasteiger partial charge on any atom is -0.495 e. The van der Waals surface area contributed by atoms with Gasteiger partial charge in [-0.2, -0.15) is 0 Å². The number of nitrogens with zero attached hydrogens (tertiary/aromatic N) is 2. The topological polar surface area (TPSA) is 96.0 Å². The van der Waals surface area contributed by atoms with Crippen molar-refractivity contribution in [2.45, 2.75) is 57.6 Å². The molecule has 3 rings (SSSR count). The number of nitrogens with one attached hydrogen (secondary N) is 1. The van der Waals surface area contributed by atoms with Crippen LogP contribution >= 0.6 is 11.6 Å². The fraction of sp³-hybridized carbons (Fsp3) is 0.333. The zero-order valence-electron chi connectivity index (χ0n) is 23.4. The van der Waals surface area contributed by atoms with Gasteiger partial charge < -0.3 is 15.0 Å². The van der Waals surface area contributed by atoms with E-state index in [0.29, 0.717) is 5.75 Å². The number of carbonyl (C=O) groups excluding carboxylic acids is 2. The van der Waals surface area contributed by atoms with E-state index in [4.69, 9.17) is 16.3 Å². The van der Waals surface area contributed by atoms with Gasteiger partial charge in [0.15, 0.2) is 0 Å². The van der Waals surface area contributed by atoms with E-state index < -0.39 is 28.5 Å². The number of amides is 2. The molecular weight excluding hydrogens is 550 g/mol. The normalized spacial score (nSPS) is 12.8. The number of rotatable bonds is 12. The lowest BCUT2D eigenvalue weighted by atomic mass is 10.1. The van der Waals surface area contributed by atoms with Gasteiger partial charge in [-0.1, -0.05) is 66.6 Å².